The molecule has 1 N–H and O–H groups in total. The largest absolute Gasteiger partial charge is 0.464 e. The molecule has 0 radical (unpaired) electrons. The summed E-state index contributed by atoms with van der Waals surface area (Å²) < 4.78 is 5.37. The van der Waals surface area contributed by atoms with Crippen LogP contribution in [0.4, 0.5) is 5.69 Å². The highest BCUT2D eigenvalue weighted by Gasteiger charge is 2.48. The lowest BCUT2D eigenvalue weighted by molar-refractivity contribution is -0.152. The van der Waals surface area contributed by atoms with Crippen LogP contribution in [0.2, 0.25) is 0 Å². The molecule has 0 saturated heterocycles. The molecule has 110 valence electrons. The Bertz CT molecular complexity index is 446. The predicted molar refractivity (Wildman–Crippen MR) is 81.6 cm³/mol. The van der Waals surface area contributed by atoms with E-state index in [1.807, 2.05) is 37.3 Å². The molecular formula is C17H25NO2. The summed E-state index contributed by atoms with van der Waals surface area (Å²) >= 11 is 0. The van der Waals surface area contributed by atoms with E-state index in [4.69, 9.17) is 4.74 Å². The molecule has 20 heavy (non-hydrogen) atoms. The highest BCUT2D eigenvalue weighted by Crippen LogP contribution is 2.40. The number of benzene rings is 1. The summed E-state index contributed by atoms with van der Waals surface area (Å²) in [6, 6.07) is 9.96. The van der Waals surface area contributed by atoms with Crippen LogP contribution in [0.1, 0.15) is 40.0 Å². The Morgan fingerprint density at radius 3 is 2.70 bits per heavy atom. The minimum absolute atomic E-state index is 0.108. The molecule has 0 aromatic heterocycles. The minimum atomic E-state index is -0.588. The number of rotatable bonds is 4. The lowest BCUT2D eigenvalue weighted by Crippen LogP contribution is -2.56. The van der Waals surface area contributed by atoms with E-state index in [0.29, 0.717) is 12.5 Å². The highest BCUT2D eigenvalue weighted by atomic mass is 16.5. The molecule has 1 fully saturated rings. The number of hydrogen-bond donors (Lipinski definition) is 1. The monoisotopic (exact) mass is 275 g/mol. The number of nitrogens with one attached hydrogen (secondary N) is 1. The van der Waals surface area contributed by atoms with E-state index < -0.39 is 5.54 Å². The summed E-state index contributed by atoms with van der Waals surface area (Å²) in [4.78, 5) is 12.6. The Labute approximate surface area is 121 Å². The maximum absolute atomic E-state index is 12.6. The molecule has 3 nitrogen and oxygen atoms in total. The van der Waals surface area contributed by atoms with Crippen molar-refractivity contribution in [2.45, 2.75) is 45.6 Å². The first-order chi connectivity index (χ1) is 9.60. The van der Waals surface area contributed by atoms with Crippen molar-refractivity contribution < 1.29 is 9.53 Å². The van der Waals surface area contributed by atoms with Crippen LogP contribution in [0, 0.1) is 11.8 Å². The second-order valence-corrected chi connectivity index (χ2v) is 5.84. The summed E-state index contributed by atoms with van der Waals surface area (Å²) in [5.41, 5.74) is 0.399. The molecule has 2 rings (SSSR count). The summed E-state index contributed by atoms with van der Waals surface area (Å²) in [5, 5.41) is 3.48. The number of ether oxygens (including phenoxy) is 1. The van der Waals surface area contributed by atoms with E-state index in [2.05, 4.69) is 19.2 Å². The molecule has 1 aliphatic carbocycles. The van der Waals surface area contributed by atoms with E-state index in [1.54, 1.807) is 0 Å². The Kier molecular flexibility index (Phi) is 4.69. The van der Waals surface area contributed by atoms with Crippen molar-refractivity contribution in [1.29, 1.82) is 0 Å². The van der Waals surface area contributed by atoms with Crippen LogP contribution in [-0.2, 0) is 9.53 Å². The third kappa shape index (κ3) is 2.82. The van der Waals surface area contributed by atoms with Gasteiger partial charge in [0.1, 0.15) is 5.54 Å². The minimum Gasteiger partial charge on any atom is -0.464 e. The van der Waals surface area contributed by atoms with Crippen molar-refractivity contribution in [3.63, 3.8) is 0 Å². The molecule has 3 atom stereocenters. The summed E-state index contributed by atoms with van der Waals surface area (Å²) in [7, 11) is 0. The van der Waals surface area contributed by atoms with Crippen LogP contribution in [0.15, 0.2) is 30.3 Å². The van der Waals surface area contributed by atoms with Gasteiger partial charge in [-0.25, -0.2) is 4.79 Å². The van der Waals surface area contributed by atoms with Gasteiger partial charge >= 0.3 is 5.97 Å². The highest BCUT2D eigenvalue weighted by molar-refractivity contribution is 5.85. The third-order valence-electron chi connectivity index (χ3n) is 4.64. The zero-order chi connectivity index (χ0) is 14.6. The summed E-state index contributed by atoms with van der Waals surface area (Å²) in [6.45, 7) is 6.68. The maximum atomic E-state index is 12.6. The second-order valence-electron chi connectivity index (χ2n) is 5.84. The Morgan fingerprint density at radius 1 is 1.35 bits per heavy atom. The van der Waals surface area contributed by atoms with Crippen molar-refractivity contribution >= 4 is 11.7 Å². The summed E-state index contributed by atoms with van der Waals surface area (Å²) in [5.74, 6) is 0.669. The van der Waals surface area contributed by atoms with Crippen molar-refractivity contribution in [3.05, 3.63) is 30.3 Å². The third-order valence-corrected chi connectivity index (χ3v) is 4.64. The van der Waals surface area contributed by atoms with E-state index in [-0.39, 0.29) is 11.9 Å². The molecule has 1 aliphatic rings. The first-order valence-electron chi connectivity index (χ1n) is 7.60. The van der Waals surface area contributed by atoms with Crippen molar-refractivity contribution in [2.24, 2.45) is 11.8 Å². The molecule has 0 spiro atoms. The van der Waals surface area contributed by atoms with Gasteiger partial charge in [-0.1, -0.05) is 44.9 Å². The number of para-hydroxylation sites is 1. The van der Waals surface area contributed by atoms with Gasteiger partial charge in [-0.15, -0.1) is 0 Å². The van der Waals surface area contributed by atoms with Crippen LogP contribution in [0.5, 0.6) is 0 Å². The molecule has 3 heteroatoms. The van der Waals surface area contributed by atoms with Crippen LogP contribution in [-0.4, -0.2) is 18.1 Å². The second kappa shape index (κ2) is 6.29. The average Bonchev–Trinajstić information content (AvgIpc) is 2.45. The lowest BCUT2D eigenvalue weighted by atomic mass is 9.68. The lowest BCUT2D eigenvalue weighted by Gasteiger charge is -2.44. The molecule has 1 aromatic carbocycles. The van der Waals surface area contributed by atoms with Crippen LogP contribution >= 0.6 is 0 Å². The topological polar surface area (TPSA) is 38.3 Å². The van der Waals surface area contributed by atoms with Gasteiger partial charge in [-0.3, -0.25) is 0 Å². The number of anilines is 1. The smallest absolute Gasteiger partial charge is 0.332 e. The fraction of sp³-hybridized carbons (Fsp3) is 0.588. The van der Waals surface area contributed by atoms with Crippen LogP contribution in [0.25, 0.3) is 0 Å². The summed E-state index contributed by atoms with van der Waals surface area (Å²) in [6.07, 6.45) is 3.08. The number of carbonyl (C=O) groups is 1. The van der Waals surface area contributed by atoms with E-state index in [1.165, 1.54) is 6.42 Å². The van der Waals surface area contributed by atoms with Crippen LogP contribution in [0.3, 0.4) is 0 Å². The van der Waals surface area contributed by atoms with E-state index in [9.17, 15) is 4.79 Å². The Balaban J connectivity index is 2.30. The predicted octanol–water partition coefficient (Wildman–Crippen LogP) is 3.86. The number of esters is 1. The van der Waals surface area contributed by atoms with Crippen LogP contribution < -0.4 is 5.32 Å². The molecule has 0 heterocycles. The molecule has 0 aliphatic heterocycles. The number of hydrogen-bond acceptors (Lipinski definition) is 3. The van der Waals surface area contributed by atoms with Gasteiger partial charge in [0.25, 0.3) is 0 Å². The standard InChI is InChI=1S/C17H25NO2/c1-4-20-16(19)17(12-8-9-13(2)14(17)3)18-15-10-6-5-7-11-15/h5-7,10-11,13-14,18H,4,8-9,12H2,1-3H3. The van der Waals surface area contributed by atoms with Crippen molar-refractivity contribution in [2.75, 3.05) is 11.9 Å². The van der Waals surface area contributed by atoms with Gasteiger partial charge in [-0.05, 0) is 37.3 Å². The van der Waals surface area contributed by atoms with Gasteiger partial charge in [-0.2, -0.15) is 0 Å². The fourth-order valence-electron chi connectivity index (χ4n) is 3.22. The van der Waals surface area contributed by atoms with Gasteiger partial charge < -0.3 is 10.1 Å². The molecule has 0 amide bonds. The zero-order valence-corrected chi connectivity index (χ0v) is 12.7. The first kappa shape index (κ1) is 14.9. The van der Waals surface area contributed by atoms with Gasteiger partial charge in [0, 0.05) is 5.69 Å². The SMILES string of the molecule is CCOC(=O)C1(Nc2ccccc2)CCCC(C)C1C. The molecule has 1 saturated carbocycles. The fourth-order valence-corrected chi connectivity index (χ4v) is 3.22. The van der Waals surface area contributed by atoms with Gasteiger partial charge in [0.05, 0.1) is 6.61 Å². The van der Waals surface area contributed by atoms with Gasteiger partial charge in [0.15, 0.2) is 0 Å². The normalized spacial score (nSPS) is 29.8. The average molecular weight is 275 g/mol. The zero-order valence-electron chi connectivity index (χ0n) is 12.7. The molecular weight excluding hydrogens is 250 g/mol. The van der Waals surface area contributed by atoms with E-state index in [0.717, 1.165) is 18.5 Å². The Morgan fingerprint density at radius 2 is 2.05 bits per heavy atom. The van der Waals surface area contributed by atoms with Crippen molar-refractivity contribution in [3.8, 4) is 0 Å². The quantitative estimate of drug-likeness (QED) is 0.848. The molecule has 0 bridgehead atoms. The van der Waals surface area contributed by atoms with Crippen molar-refractivity contribution in [1.82, 2.24) is 0 Å². The number of carbonyl (C=O) groups excluding carboxylic acids is 1. The molecule has 3 unspecified atom stereocenters. The van der Waals surface area contributed by atoms with E-state index >= 15 is 0 Å². The maximum Gasteiger partial charge on any atom is 0.332 e. The Hall–Kier alpha value is -1.51. The molecule has 1 aromatic rings. The first-order valence-corrected chi connectivity index (χ1v) is 7.60. The van der Waals surface area contributed by atoms with Gasteiger partial charge in [0.2, 0.25) is 0 Å².